The first-order chi connectivity index (χ1) is 11.6. The van der Waals surface area contributed by atoms with Crippen LogP contribution in [0.15, 0.2) is 46.9 Å². The lowest BCUT2D eigenvalue weighted by atomic mass is 10.1. The lowest BCUT2D eigenvalue weighted by molar-refractivity contribution is -0.136. The van der Waals surface area contributed by atoms with Crippen molar-refractivity contribution in [2.45, 2.75) is 12.8 Å². The molecule has 1 N–H and O–H groups in total. The van der Waals surface area contributed by atoms with Crippen LogP contribution in [-0.2, 0) is 11.2 Å². The van der Waals surface area contributed by atoms with Gasteiger partial charge in [0.25, 0.3) is 0 Å². The number of carbonyl (C=O) groups is 1. The minimum Gasteiger partial charge on any atom is -0.497 e. The average Bonchev–Trinajstić information content (AvgIpc) is 2.58. The lowest BCUT2D eigenvalue weighted by Crippen LogP contribution is -2.09. The molecule has 0 aliphatic heterocycles. The molecule has 0 saturated heterocycles. The van der Waals surface area contributed by atoms with Crippen LogP contribution in [0.2, 0.25) is 0 Å². The average molecular weight is 395 g/mol. The quantitative estimate of drug-likeness (QED) is 0.652. The maximum Gasteiger partial charge on any atom is 0.303 e. The van der Waals surface area contributed by atoms with Crippen LogP contribution in [-0.4, -0.2) is 31.4 Å². The normalized spacial score (nSPS) is 10.2. The van der Waals surface area contributed by atoms with Gasteiger partial charge in [-0.15, -0.1) is 0 Å². The number of halogens is 1. The summed E-state index contributed by atoms with van der Waals surface area (Å²) in [6.45, 7) is 0.796. The molecule has 0 spiro atoms. The zero-order chi connectivity index (χ0) is 17.4. The number of methoxy groups -OCH3 is 1. The van der Waals surface area contributed by atoms with Crippen molar-refractivity contribution < 1.29 is 24.1 Å². The van der Waals surface area contributed by atoms with Crippen LogP contribution in [0.3, 0.4) is 0 Å². The number of hydrogen-bond donors (Lipinski definition) is 1. The Labute approximate surface area is 149 Å². The molecule has 2 rings (SSSR count). The van der Waals surface area contributed by atoms with Crippen molar-refractivity contribution in [3.05, 3.63) is 52.5 Å². The summed E-state index contributed by atoms with van der Waals surface area (Å²) in [5.41, 5.74) is 0.948. The van der Waals surface area contributed by atoms with E-state index in [9.17, 15) is 4.79 Å². The molecule has 128 valence electrons. The first kappa shape index (κ1) is 18.1. The molecule has 2 aromatic carbocycles. The van der Waals surface area contributed by atoms with Crippen LogP contribution in [0, 0.1) is 0 Å². The molecule has 5 nitrogen and oxygen atoms in total. The third kappa shape index (κ3) is 5.77. The Bertz CT molecular complexity index is 687. The summed E-state index contributed by atoms with van der Waals surface area (Å²) in [7, 11) is 1.61. The van der Waals surface area contributed by atoms with E-state index in [2.05, 4.69) is 15.9 Å². The molecule has 24 heavy (non-hydrogen) atoms. The van der Waals surface area contributed by atoms with E-state index in [1.165, 1.54) is 0 Å². The molecule has 0 aliphatic carbocycles. The molecule has 0 unspecified atom stereocenters. The van der Waals surface area contributed by atoms with Gasteiger partial charge in [0.05, 0.1) is 11.6 Å². The van der Waals surface area contributed by atoms with E-state index in [0.29, 0.717) is 25.4 Å². The molecule has 0 radical (unpaired) electrons. The van der Waals surface area contributed by atoms with Crippen molar-refractivity contribution in [2.75, 3.05) is 20.3 Å². The zero-order valence-corrected chi connectivity index (χ0v) is 14.9. The van der Waals surface area contributed by atoms with Crippen molar-refractivity contribution in [2.24, 2.45) is 0 Å². The first-order valence-corrected chi connectivity index (χ1v) is 8.27. The van der Waals surface area contributed by atoms with E-state index >= 15 is 0 Å². The van der Waals surface area contributed by atoms with E-state index in [4.69, 9.17) is 19.3 Å². The Morgan fingerprint density at radius 2 is 1.83 bits per heavy atom. The predicted octanol–water partition coefficient (Wildman–Crippen LogP) is 3.93. The third-order valence-corrected chi connectivity index (χ3v) is 3.89. The highest BCUT2D eigenvalue weighted by molar-refractivity contribution is 9.10. The number of aryl methyl sites for hydroxylation is 1. The summed E-state index contributed by atoms with van der Waals surface area (Å²) in [4.78, 5) is 10.6. The molecule has 0 aliphatic rings. The van der Waals surface area contributed by atoms with Crippen LogP contribution >= 0.6 is 15.9 Å². The highest BCUT2D eigenvalue weighted by Gasteiger charge is 2.05. The second-order valence-electron chi connectivity index (χ2n) is 5.03. The topological polar surface area (TPSA) is 65.0 Å². The van der Waals surface area contributed by atoms with Gasteiger partial charge in [0.15, 0.2) is 0 Å². The highest BCUT2D eigenvalue weighted by Crippen LogP contribution is 2.26. The molecule has 0 amide bonds. The van der Waals surface area contributed by atoms with Gasteiger partial charge in [0.1, 0.15) is 30.5 Å². The maximum absolute atomic E-state index is 10.6. The summed E-state index contributed by atoms with van der Waals surface area (Å²) in [5, 5.41) is 8.71. The molecule has 2 aromatic rings. The summed E-state index contributed by atoms with van der Waals surface area (Å²) in [6.07, 6.45) is 0.605. The van der Waals surface area contributed by atoms with Crippen molar-refractivity contribution in [3.63, 3.8) is 0 Å². The fourth-order valence-electron chi connectivity index (χ4n) is 2.07. The Balaban J connectivity index is 1.80. The van der Waals surface area contributed by atoms with Gasteiger partial charge in [-0.1, -0.05) is 12.1 Å². The van der Waals surface area contributed by atoms with Crippen LogP contribution in [0.5, 0.6) is 17.2 Å². The lowest BCUT2D eigenvalue weighted by Gasteiger charge is -2.11. The zero-order valence-electron chi connectivity index (χ0n) is 13.3. The van der Waals surface area contributed by atoms with Gasteiger partial charge in [0, 0.05) is 12.5 Å². The van der Waals surface area contributed by atoms with Gasteiger partial charge >= 0.3 is 5.97 Å². The number of carboxylic acid groups (broad SMARTS) is 1. The molecule has 6 heteroatoms. The van der Waals surface area contributed by atoms with Gasteiger partial charge in [-0.25, -0.2) is 0 Å². The van der Waals surface area contributed by atoms with Gasteiger partial charge in [0.2, 0.25) is 0 Å². The highest BCUT2D eigenvalue weighted by atomic mass is 79.9. The molecule has 0 bridgehead atoms. The number of carboxylic acids is 1. The fraction of sp³-hybridized carbons (Fsp3) is 0.278. The Kier molecular flexibility index (Phi) is 6.93. The molecule has 0 atom stereocenters. The summed E-state index contributed by atoms with van der Waals surface area (Å²) < 4.78 is 17.2. The van der Waals surface area contributed by atoms with E-state index in [0.717, 1.165) is 21.5 Å². The first-order valence-electron chi connectivity index (χ1n) is 7.48. The summed E-state index contributed by atoms with van der Waals surface area (Å²) in [6, 6.07) is 13.0. The Hall–Kier alpha value is -2.21. The number of benzene rings is 2. The SMILES string of the molecule is COc1cccc(OCCOc2ccc(CCC(=O)O)cc2Br)c1. The summed E-state index contributed by atoms with van der Waals surface area (Å²) in [5.74, 6) is 1.36. The van der Waals surface area contributed by atoms with Gasteiger partial charge in [-0.2, -0.15) is 0 Å². The largest absolute Gasteiger partial charge is 0.497 e. The Morgan fingerprint density at radius 3 is 2.54 bits per heavy atom. The van der Waals surface area contributed by atoms with E-state index in [-0.39, 0.29) is 6.42 Å². The van der Waals surface area contributed by atoms with Crippen molar-refractivity contribution >= 4 is 21.9 Å². The standard InChI is InChI=1S/C18H19BrO5/c1-22-14-3-2-4-15(12-14)23-9-10-24-17-7-5-13(11-16(17)19)6-8-18(20)21/h2-5,7,11-12H,6,8-10H2,1H3,(H,20,21). The third-order valence-electron chi connectivity index (χ3n) is 3.27. The van der Waals surface area contributed by atoms with Crippen molar-refractivity contribution in [1.29, 1.82) is 0 Å². The molecular weight excluding hydrogens is 376 g/mol. The molecular formula is C18H19BrO5. The minimum atomic E-state index is -0.804. The second-order valence-corrected chi connectivity index (χ2v) is 5.89. The minimum absolute atomic E-state index is 0.112. The monoisotopic (exact) mass is 394 g/mol. The second kappa shape index (κ2) is 9.17. The number of ether oxygens (including phenoxy) is 3. The number of aliphatic carboxylic acids is 1. The molecule has 0 fully saturated rings. The van der Waals surface area contributed by atoms with E-state index < -0.39 is 5.97 Å². The predicted molar refractivity (Wildman–Crippen MR) is 94.1 cm³/mol. The van der Waals surface area contributed by atoms with Crippen LogP contribution < -0.4 is 14.2 Å². The number of rotatable bonds is 9. The van der Waals surface area contributed by atoms with Crippen molar-refractivity contribution in [3.8, 4) is 17.2 Å². The fourth-order valence-corrected chi connectivity index (χ4v) is 2.61. The van der Waals surface area contributed by atoms with E-state index in [1.54, 1.807) is 7.11 Å². The van der Waals surface area contributed by atoms with Crippen LogP contribution in [0.1, 0.15) is 12.0 Å². The Morgan fingerprint density at radius 1 is 1.08 bits per heavy atom. The smallest absolute Gasteiger partial charge is 0.303 e. The van der Waals surface area contributed by atoms with Gasteiger partial charge < -0.3 is 19.3 Å². The van der Waals surface area contributed by atoms with E-state index in [1.807, 2.05) is 42.5 Å². The maximum atomic E-state index is 10.6. The molecule has 0 saturated carbocycles. The van der Waals surface area contributed by atoms with Crippen LogP contribution in [0.4, 0.5) is 0 Å². The van der Waals surface area contributed by atoms with Crippen LogP contribution in [0.25, 0.3) is 0 Å². The summed E-state index contributed by atoms with van der Waals surface area (Å²) >= 11 is 3.44. The van der Waals surface area contributed by atoms with Crippen molar-refractivity contribution in [1.82, 2.24) is 0 Å². The molecule has 0 heterocycles. The molecule has 0 aromatic heterocycles. The number of hydrogen-bond acceptors (Lipinski definition) is 4. The van der Waals surface area contributed by atoms with Gasteiger partial charge in [-0.05, 0) is 52.2 Å². The van der Waals surface area contributed by atoms with Gasteiger partial charge in [-0.3, -0.25) is 4.79 Å².